The smallest absolute Gasteiger partial charge is 0.422 e. The number of ether oxygens (including phenoxy) is 1. The molecule has 1 aromatic carbocycles. The predicted molar refractivity (Wildman–Crippen MR) is 58.3 cm³/mol. The van der Waals surface area contributed by atoms with Crippen molar-refractivity contribution < 1.29 is 27.1 Å². The monoisotopic (exact) mass is 277 g/mol. The number of hydrogen-bond donors (Lipinski definition) is 1. The summed E-state index contributed by atoms with van der Waals surface area (Å²) in [6.07, 6.45) is -7.06. The lowest BCUT2D eigenvalue weighted by molar-refractivity contribution is -0.160. The van der Waals surface area contributed by atoms with Gasteiger partial charge in [0.15, 0.2) is 6.61 Å². The molecule has 0 spiro atoms. The highest BCUT2D eigenvalue weighted by Crippen LogP contribution is 2.34. The summed E-state index contributed by atoms with van der Waals surface area (Å²) in [7, 11) is 0. The van der Waals surface area contributed by atoms with Gasteiger partial charge in [-0.3, -0.25) is 0 Å². The molecular weight excluding hydrogens is 266 g/mol. The number of nitrogens with one attached hydrogen (secondary N) is 1. The van der Waals surface area contributed by atoms with Gasteiger partial charge in [-0.2, -0.15) is 13.2 Å². The molecule has 1 N–H and O–H groups in total. The van der Waals surface area contributed by atoms with E-state index >= 15 is 0 Å². The van der Waals surface area contributed by atoms with E-state index < -0.39 is 31.1 Å². The molecule has 0 unspecified atom stereocenters. The Bertz CT molecular complexity index is 475. The maximum absolute atomic E-state index is 13.9. The first-order valence-electron chi connectivity index (χ1n) is 5.59. The number of carbonyl (C=O) groups excluding carboxylic acids is 1. The zero-order valence-corrected chi connectivity index (χ0v) is 9.71. The van der Waals surface area contributed by atoms with E-state index in [0.29, 0.717) is 5.56 Å². The van der Waals surface area contributed by atoms with Gasteiger partial charge in [0, 0.05) is 0 Å². The molecule has 0 aliphatic heterocycles. The second-order valence-electron chi connectivity index (χ2n) is 4.25. The predicted octanol–water partition coefficient (Wildman–Crippen LogP) is 2.91. The molecule has 0 saturated heterocycles. The summed E-state index contributed by atoms with van der Waals surface area (Å²) >= 11 is 0. The maximum atomic E-state index is 13.9. The van der Waals surface area contributed by atoms with Crippen LogP contribution in [0.1, 0.15) is 17.3 Å². The summed E-state index contributed by atoms with van der Waals surface area (Å²) in [5.41, 5.74) is 1.18. The third-order valence-corrected chi connectivity index (χ3v) is 2.82. The second-order valence-corrected chi connectivity index (χ2v) is 4.25. The van der Waals surface area contributed by atoms with E-state index in [-0.39, 0.29) is 6.42 Å². The first-order valence-corrected chi connectivity index (χ1v) is 5.59. The third kappa shape index (κ3) is 3.36. The van der Waals surface area contributed by atoms with Crippen molar-refractivity contribution in [3.05, 3.63) is 35.4 Å². The lowest BCUT2D eigenvalue weighted by Crippen LogP contribution is -2.38. The lowest BCUT2D eigenvalue weighted by Gasteiger charge is -2.15. The average Bonchev–Trinajstić information content (AvgIpc) is 2.64. The fourth-order valence-corrected chi connectivity index (χ4v) is 2.01. The molecule has 0 aromatic heterocycles. The molecule has 2 atom stereocenters. The SMILES string of the molecule is O=C(N[C@H]1Cc2ccccc2[C@@H]1F)OCC(F)(F)F. The molecule has 1 amide bonds. The number of benzene rings is 1. The van der Waals surface area contributed by atoms with Gasteiger partial charge >= 0.3 is 12.3 Å². The van der Waals surface area contributed by atoms with E-state index in [1.165, 1.54) is 0 Å². The molecule has 3 nitrogen and oxygen atoms in total. The van der Waals surface area contributed by atoms with E-state index in [1.54, 1.807) is 24.3 Å². The van der Waals surface area contributed by atoms with Crippen molar-refractivity contribution in [3.63, 3.8) is 0 Å². The Morgan fingerprint density at radius 1 is 1.37 bits per heavy atom. The van der Waals surface area contributed by atoms with E-state index in [2.05, 4.69) is 10.1 Å². The normalized spacial score (nSPS) is 21.9. The molecule has 7 heteroatoms. The van der Waals surface area contributed by atoms with Crippen LogP contribution in [0, 0.1) is 0 Å². The minimum absolute atomic E-state index is 0.235. The molecule has 19 heavy (non-hydrogen) atoms. The molecule has 0 fully saturated rings. The van der Waals surface area contributed by atoms with Gasteiger partial charge < -0.3 is 10.1 Å². The largest absolute Gasteiger partial charge is 0.440 e. The quantitative estimate of drug-likeness (QED) is 0.844. The summed E-state index contributed by atoms with van der Waals surface area (Å²) in [6, 6.07) is 5.80. The third-order valence-electron chi connectivity index (χ3n) is 2.82. The zero-order valence-electron chi connectivity index (χ0n) is 9.71. The second kappa shape index (κ2) is 5.07. The number of carbonyl (C=O) groups is 1. The minimum Gasteiger partial charge on any atom is -0.440 e. The van der Waals surface area contributed by atoms with Crippen LogP contribution in [-0.4, -0.2) is 24.9 Å². The van der Waals surface area contributed by atoms with Crippen molar-refractivity contribution in [2.75, 3.05) is 6.61 Å². The van der Waals surface area contributed by atoms with Crippen LogP contribution in [0.4, 0.5) is 22.4 Å². The number of rotatable bonds is 2. The van der Waals surface area contributed by atoms with Crippen LogP contribution >= 0.6 is 0 Å². The molecule has 0 saturated carbocycles. The van der Waals surface area contributed by atoms with Crippen LogP contribution in [-0.2, 0) is 11.2 Å². The molecular formula is C12H11F4NO2. The van der Waals surface area contributed by atoms with Gasteiger partial charge in [-0.05, 0) is 17.5 Å². The molecule has 104 valence electrons. The fourth-order valence-electron chi connectivity index (χ4n) is 2.01. The Kier molecular flexibility index (Phi) is 3.64. The Labute approximate surface area is 106 Å². The summed E-state index contributed by atoms with van der Waals surface area (Å²) in [5, 5.41) is 2.11. The van der Waals surface area contributed by atoms with Crippen molar-refractivity contribution in [1.29, 1.82) is 0 Å². The van der Waals surface area contributed by atoms with E-state index in [1.807, 2.05) is 0 Å². The van der Waals surface area contributed by atoms with Crippen molar-refractivity contribution in [1.82, 2.24) is 5.32 Å². The summed E-state index contributed by atoms with van der Waals surface area (Å²) in [6.45, 7) is -1.69. The van der Waals surface area contributed by atoms with E-state index in [9.17, 15) is 22.4 Å². The van der Waals surface area contributed by atoms with Gasteiger partial charge in [-0.25, -0.2) is 9.18 Å². The number of alkyl halides is 4. The van der Waals surface area contributed by atoms with Gasteiger partial charge in [0.25, 0.3) is 0 Å². The highest BCUT2D eigenvalue weighted by atomic mass is 19.4. The van der Waals surface area contributed by atoms with Gasteiger partial charge in [0.1, 0.15) is 6.17 Å². The molecule has 0 bridgehead atoms. The Hall–Kier alpha value is -1.79. The van der Waals surface area contributed by atoms with Crippen LogP contribution in [0.2, 0.25) is 0 Å². The fraction of sp³-hybridized carbons (Fsp3) is 0.417. The lowest BCUT2D eigenvalue weighted by atomic mass is 10.1. The number of fused-ring (bicyclic) bond motifs is 1. The summed E-state index contributed by atoms with van der Waals surface area (Å²) in [5.74, 6) is 0. The molecule has 1 aliphatic rings. The van der Waals surface area contributed by atoms with Gasteiger partial charge in [0.2, 0.25) is 0 Å². The molecule has 1 aromatic rings. The maximum Gasteiger partial charge on any atom is 0.422 e. The van der Waals surface area contributed by atoms with Gasteiger partial charge in [0.05, 0.1) is 6.04 Å². The molecule has 0 radical (unpaired) electrons. The van der Waals surface area contributed by atoms with Crippen LogP contribution in [0.5, 0.6) is 0 Å². The molecule has 0 heterocycles. The van der Waals surface area contributed by atoms with Crippen molar-refractivity contribution in [2.45, 2.75) is 24.8 Å². The zero-order chi connectivity index (χ0) is 14.0. The van der Waals surface area contributed by atoms with Crippen molar-refractivity contribution >= 4 is 6.09 Å². The Balaban J connectivity index is 1.90. The Morgan fingerprint density at radius 2 is 2.05 bits per heavy atom. The number of halogens is 4. The molecule has 1 aliphatic carbocycles. The van der Waals surface area contributed by atoms with E-state index in [0.717, 1.165) is 5.56 Å². The first-order chi connectivity index (χ1) is 8.87. The summed E-state index contributed by atoms with van der Waals surface area (Å²) in [4.78, 5) is 11.1. The van der Waals surface area contributed by atoms with Crippen molar-refractivity contribution in [2.24, 2.45) is 0 Å². The first kappa shape index (κ1) is 13.6. The van der Waals surface area contributed by atoms with Crippen LogP contribution in [0.25, 0.3) is 0 Å². The van der Waals surface area contributed by atoms with Crippen LogP contribution in [0.15, 0.2) is 24.3 Å². The number of hydrogen-bond acceptors (Lipinski definition) is 2. The molecule has 2 rings (SSSR count). The summed E-state index contributed by atoms with van der Waals surface area (Å²) < 4.78 is 53.4. The van der Waals surface area contributed by atoms with Gasteiger partial charge in [-0.15, -0.1) is 0 Å². The number of alkyl carbamates (subject to hydrolysis) is 1. The van der Waals surface area contributed by atoms with E-state index in [4.69, 9.17) is 0 Å². The highest BCUT2D eigenvalue weighted by Gasteiger charge is 2.35. The topological polar surface area (TPSA) is 38.3 Å². The highest BCUT2D eigenvalue weighted by molar-refractivity contribution is 5.68. The van der Waals surface area contributed by atoms with Gasteiger partial charge in [-0.1, -0.05) is 24.3 Å². The average molecular weight is 277 g/mol. The standard InChI is InChI=1S/C12H11F4NO2/c13-10-8-4-2-1-3-7(8)5-9(10)17-11(18)19-6-12(14,15)16/h1-4,9-10H,5-6H2,(H,17,18)/t9-,10-/m0/s1. The van der Waals surface area contributed by atoms with Crippen molar-refractivity contribution in [3.8, 4) is 0 Å². The number of amides is 1. The minimum atomic E-state index is -4.59. The Morgan fingerprint density at radius 3 is 2.68 bits per heavy atom. The van der Waals surface area contributed by atoms with Crippen LogP contribution < -0.4 is 5.32 Å². The van der Waals surface area contributed by atoms with Crippen LogP contribution in [0.3, 0.4) is 0 Å².